The summed E-state index contributed by atoms with van der Waals surface area (Å²) in [6.45, 7) is 4.78. The first-order valence-corrected chi connectivity index (χ1v) is 6.67. The monoisotopic (exact) mass is 274 g/mol. The van der Waals surface area contributed by atoms with Crippen molar-refractivity contribution in [3.63, 3.8) is 0 Å². The Balaban J connectivity index is 2.13. The Labute approximate surface area is 117 Å². The van der Waals surface area contributed by atoms with Crippen molar-refractivity contribution in [1.29, 1.82) is 5.26 Å². The molecule has 0 bridgehead atoms. The van der Waals surface area contributed by atoms with Gasteiger partial charge in [0.15, 0.2) is 0 Å². The van der Waals surface area contributed by atoms with Gasteiger partial charge in [-0.3, -0.25) is 10.1 Å². The van der Waals surface area contributed by atoms with E-state index in [0.717, 1.165) is 25.9 Å². The zero-order chi connectivity index (χ0) is 14.6. The lowest BCUT2D eigenvalue weighted by Gasteiger charge is -2.34. The first kappa shape index (κ1) is 14.3. The number of hydrogen-bond acceptors (Lipinski definition) is 5. The Morgan fingerprint density at radius 2 is 2.40 bits per heavy atom. The molecule has 1 unspecified atom stereocenters. The summed E-state index contributed by atoms with van der Waals surface area (Å²) in [5.74, 6) is 0. The lowest BCUT2D eigenvalue weighted by Crippen LogP contribution is -2.42. The van der Waals surface area contributed by atoms with Crippen LogP contribution in [-0.4, -0.2) is 24.6 Å². The van der Waals surface area contributed by atoms with Crippen LogP contribution in [0.5, 0.6) is 0 Å². The maximum atomic E-state index is 11.1. The Kier molecular flexibility index (Phi) is 4.20. The van der Waals surface area contributed by atoms with Gasteiger partial charge in [-0.05, 0) is 36.9 Å². The summed E-state index contributed by atoms with van der Waals surface area (Å²) < 4.78 is 0. The molecule has 0 radical (unpaired) electrons. The molecular weight excluding hydrogens is 256 g/mol. The van der Waals surface area contributed by atoms with Crippen LogP contribution < -0.4 is 10.6 Å². The number of nitrogens with zero attached hydrogens (tertiary/aromatic N) is 2. The van der Waals surface area contributed by atoms with Gasteiger partial charge in [-0.2, -0.15) is 5.26 Å². The number of nitro groups is 1. The van der Waals surface area contributed by atoms with Gasteiger partial charge in [0.1, 0.15) is 5.69 Å². The van der Waals surface area contributed by atoms with Crippen LogP contribution in [-0.2, 0) is 0 Å². The second-order valence-corrected chi connectivity index (χ2v) is 5.55. The zero-order valence-corrected chi connectivity index (χ0v) is 11.5. The molecule has 1 aromatic rings. The molecule has 1 atom stereocenters. The first-order valence-electron chi connectivity index (χ1n) is 6.67. The third-order valence-electron chi connectivity index (χ3n) is 3.71. The molecule has 1 saturated heterocycles. The van der Waals surface area contributed by atoms with Gasteiger partial charge < -0.3 is 10.6 Å². The molecule has 1 fully saturated rings. The van der Waals surface area contributed by atoms with E-state index in [1.54, 1.807) is 12.1 Å². The minimum absolute atomic E-state index is 0.0450. The third-order valence-corrected chi connectivity index (χ3v) is 3.71. The van der Waals surface area contributed by atoms with Crippen molar-refractivity contribution < 1.29 is 4.92 Å². The average molecular weight is 274 g/mol. The number of nitrogens with one attached hydrogen (secondary N) is 2. The number of piperidine rings is 1. The van der Waals surface area contributed by atoms with Gasteiger partial charge in [0, 0.05) is 19.2 Å². The molecule has 6 nitrogen and oxygen atoms in total. The molecule has 0 amide bonds. The van der Waals surface area contributed by atoms with E-state index < -0.39 is 4.92 Å². The van der Waals surface area contributed by atoms with Crippen molar-refractivity contribution in [1.82, 2.24) is 5.32 Å². The predicted molar refractivity (Wildman–Crippen MR) is 76.5 cm³/mol. The van der Waals surface area contributed by atoms with E-state index in [2.05, 4.69) is 17.6 Å². The number of nitriles is 1. The number of benzene rings is 1. The van der Waals surface area contributed by atoms with E-state index in [4.69, 9.17) is 5.26 Å². The molecule has 6 heteroatoms. The fourth-order valence-corrected chi connectivity index (χ4v) is 2.48. The van der Waals surface area contributed by atoms with Gasteiger partial charge in [-0.15, -0.1) is 0 Å². The van der Waals surface area contributed by atoms with Crippen molar-refractivity contribution in [2.45, 2.75) is 19.8 Å². The van der Waals surface area contributed by atoms with Crippen LogP contribution in [0.1, 0.15) is 25.3 Å². The summed E-state index contributed by atoms with van der Waals surface area (Å²) in [4.78, 5) is 10.6. The Hall–Kier alpha value is -2.13. The summed E-state index contributed by atoms with van der Waals surface area (Å²) in [5.41, 5.74) is 0.824. The minimum Gasteiger partial charge on any atom is -0.379 e. The maximum Gasteiger partial charge on any atom is 0.293 e. The van der Waals surface area contributed by atoms with Crippen LogP contribution in [0.15, 0.2) is 18.2 Å². The maximum absolute atomic E-state index is 11.1. The fraction of sp³-hybridized carbons (Fsp3) is 0.500. The number of nitro benzene ring substituents is 1. The van der Waals surface area contributed by atoms with Gasteiger partial charge in [-0.1, -0.05) is 6.92 Å². The third kappa shape index (κ3) is 3.25. The van der Waals surface area contributed by atoms with E-state index in [9.17, 15) is 10.1 Å². The van der Waals surface area contributed by atoms with Gasteiger partial charge in [0.2, 0.25) is 0 Å². The number of anilines is 1. The van der Waals surface area contributed by atoms with E-state index in [1.165, 1.54) is 6.07 Å². The Bertz CT molecular complexity index is 545. The van der Waals surface area contributed by atoms with Gasteiger partial charge in [0.05, 0.1) is 16.6 Å². The van der Waals surface area contributed by atoms with E-state index in [1.807, 2.05) is 6.07 Å². The highest BCUT2D eigenvalue weighted by atomic mass is 16.6. The standard InChI is InChI=1S/C14H18N4O2/c1-14(5-2-6-16-9-14)10-17-12-4-3-11(8-15)7-13(12)18(19)20/h3-4,7,16-17H,2,5-6,9-10H2,1H3. The number of hydrogen-bond donors (Lipinski definition) is 2. The van der Waals surface area contributed by atoms with Gasteiger partial charge in [-0.25, -0.2) is 0 Å². The highest BCUT2D eigenvalue weighted by molar-refractivity contribution is 5.64. The Morgan fingerprint density at radius 3 is 3.00 bits per heavy atom. The highest BCUT2D eigenvalue weighted by Crippen LogP contribution is 2.29. The van der Waals surface area contributed by atoms with Crippen LogP contribution >= 0.6 is 0 Å². The van der Waals surface area contributed by atoms with E-state index in [0.29, 0.717) is 17.8 Å². The highest BCUT2D eigenvalue weighted by Gasteiger charge is 2.27. The van der Waals surface area contributed by atoms with Crippen molar-refractivity contribution in [3.8, 4) is 6.07 Å². The molecular formula is C14H18N4O2. The van der Waals surface area contributed by atoms with Gasteiger partial charge >= 0.3 is 0 Å². The largest absolute Gasteiger partial charge is 0.379 e. The number of rotatable bonds is 4. The lowest BCUT2D eigenvalue weighted by atomic mass is 9.83. The second kappa shape index (κ2) is 5.88. The summed E-state index contributed by atoms with van der Waals surface area (Å²) in [5, 5.41) is 26.4. The van der Waals surface area contributed by atoms with E-state index in [-0.39, 0.29) is 11.1 Å². The Morgan fingerprint density at radius 1 is 1.60 bits per heavy atom. The van der Waals surface area contributed by atoms with Crippen LogP contribution in [0.3, 0.4) is 0 Å². The molecule has 0 saturated carbocycles. The summed E-state index contributed by atoms with van der Waals surface area (Å²) in [6, 6.07) is 6.43. The van der Waals surface area contributed by atoms with Crippen molar-refractivity contribution >= 4 is 11.4 Å². The zero-order valence-electron chi connectivity index (χ0n) is 11.5. The summed E-state index contributed by atoms with van der Waals surface area (Å²) >= 11 is 0. The molecule has 106 valence electrons. The van der Waals surface area contributed by atoms with Crippen LogP contribution in [0, 0.1) is 26.9 Å². The van der Waals surface area contributed by atoms with Crippen LogP contribution in [0.4, 0.5) is 11.4 Å². The normalized spacial score (nSPS) is 22.0. The van der Waals surface area contributed by atoms with Crippen molar-refractivity contribution in [2.24, 2.45) is 5.41 Å². The summed E-state index contributed by atoms with van der Waals surface area (Å²) in [6.07, 6.45) is 2.21. The topological polar surface area (TPSA) is 91.0 Å². The average Bonchev–Trinajstić information content (AvgIpc) is 2.45. The molecule has 2 N–H and O–H groups in total. The van der Waals surface area contributed by atoms with Crippen molar-refractivity contribution in [3.05, 3.63) is 33.9 Å². The van der Waals surface area contributed by atoms with Crippen LogP contribution in [0.2, 0.25) is 0 Å². The molecule has 2 rings (SSSR count). The van der Waals surface area contributed by atoms with E-state index >= 15 is 0 Å². The molecule has 20 heavy (non-hydrogen) atoms. The SMILES string of the molecule is CC1(CNc2ccc(C#N)cc2[N+](=O)[O-])CCCNC1. The lowest BCUT2D eigenvalue weighted by molar-refractivity contribution is -0.384. The fourth-order valence-electron chi connectivity index (χ4n) is 2.48. The van der Waals surface area contributed by atoms with Crippen LogP contribution in [0.25, 0.3) is 0 Å². The predicted octanol–water partition coefficient (Wildman–Crippen LogP) is 2.27. The van der Waals surface area contributed by atoms with Crippen molar-refractivity contribution in [2.75, 3.05) is 25.0 Å². The molecule has 0 spiro atoms. The first-order chi connectivity index (χ1) is 9.54. The summed E-state index contributed by atoms with van der Waals surface area (Å²) in [7, 11) is 0. The smallest absolute Gasteiger partial charge is 0.293 e. The van der Waals surface area contributed by atoms with Gasteiger partial charge in [0.25, 0.3) is 5.69 Å². The molecule has 1 aromatic carbocycles. The quantitative estimate of drug-likeness (QED) is 0.649. The minimum atomic E-state index is -0.454. The molecule has 0 aliphatic carbocycles. The molecule has 0 aromatic heterocycles. The molecule has 1 aliphatic rings. The molecule has 1 aliphatic heterocycles. The molecule has 1 heterocycles. The second-order valence-electron chi connectivity index (χ2n) is 5.55.